The predicted molar refractivity (Wildman–Crippen MR) is 113 cm³/mol. The molecule has 1 unspecified atom stereocenters. The first kappa shape index (κ1) is 26.9. The zero-order chi connectivity index (χ0) is 23.5. The van der Waals surface area contributed by atoms with Crippen molar-refractivity contribution < 1.29 is 36.3 Å². The Balaban J connectivity index is 3.56. The molecule has 0 aliphatic heterocycles. The molecule has 31 heavy (non-hydrogen) atoms. The highest BCUT2D eigenvalue weighted by Crippen LogP contribution is 2.68. The van der Waals surface area contributed by atoms with Gasteiger partial charge in [-0.2, -0.15) is 13.2 Å². The zero-order valence-electron chi connectivity index (χ0n) is 17.8. The number of alkyl halides is 3. The fourth-order valence-electron chi connectivity index (χ4n) is 3.07. The van der Waals surface area contributed by atoms with Crippen LogP contribution in [-0.4, -0.2) is 42.2 Å². The highest BCUT2D eigenvalue weighted by molar-refractivity contribution is 7.55. The minimum absolute atomic E-state index is 0.205. The van der Waals surface area contributed by atoms with Crippen molar-refractivity contribution in [2.75, 3.05) is 19.8 Å². The summed E-state index contributed by atoms with van der Waals surface area (Å²) in [4.78, 5) is 13.3. The Morgan fingerprint density at radius 1 is 1.10 bits per heavy atom. The van der Waals surface area contributed by atoms with E-state index in [0.717, 1.165) is 6.08 Å². The van der Waals surface area contributed by atoms with E-state index < -0.39 is 38.1 Å². The highest BCUT2D eigenvalue weighted by atomic mass is 31.2. The van der Waals surface area contributed by atoms with Crippen LogP contribution in [0.25, 0.3) is 0 Å². The molecule has 1 rings (SSSR count). The minimum Gasteiger partial charge on any atom is -0.445 e. The number of amides is 1. The second-order valence-electron chi connectivity index (χ2n) is 6.41. The Morgan fingerprint density at radius 3 is 2.13 bits per heavy atom. The van der Waals surface area contributed by atoms with Crippen molar-refractivity contribution in [1.29, 1.82) is 0 Å². The molecule has 0 aromatic heterocycles. The number of nitrogens with zero attached hydrogens (tertiary/aromatic N) is 1. The van der Waals surface area contributed by atoms with Crippen LogP contribution in [0.3, 0.4) is 0 Å². The summed E-state index contributed by atoms with van der Waals surface area (Å²) in [5.41, 5.74) is 0.580. The van der Waals surface area contributed by atoms with E-state index >= 15 is 0 Å². The molecule has 0 N–H and O–H groups in total. The van der Waals surface area contributed by atoms with E-state index in [4.69, 9.17) is 13.8 Å². The summed E-state index contributed by atoms with van der Waals surface area (Å²) >= 11 is 0. The topological polar surface area (TPSA) is 65.1 Å². The van der Waals surface area contributed by atoms with Crippen molar-refractivity contribution >= 4 is 13.7 Å². The van der Waals surface area contributed by atoms with Crippen LogP contribution in [-0.2, 0) is 25.0 Å². The quantitative estimate of drug-likeness (QED) is 0.254. The molecule has 0 saturated carbocycles. The maximum atomic E-state index is 14.7. The summed E-state index contributed by atoms with van der Waals surface area (Å²) in [6.07, 6.45) is -5.14. The molecule has 0 spiro atoms. The van der Waals surface area contributed by atoms with Gasteiger partial charge in [0.2, 0.25) is 5.28 Å². The van der Waals surface area contributed by atoms with Crippen LogP contribution in [0.5, 0.6) is 0 Å². The van der Waals surface area contributed by atoms with Crippen LogP contribution < -0.4 is 0 Å². The van der Waals surface area contributed by atoms with Crippen molar-refractivity contribution in [3.8, 4) is 0 Å². The minimum atomic E-state index is -5.18. The highest BCUT2D eigenvalue weighted by Gasteiger charge is 2.72. The molecular formula is C21H29F3NO5P. The van der Waals surface area contributed by atoms with Crippen LogP contribution >= 0.6 is 7.60 Å². The smallest absolute Gasteiger partial charge is 0.423 e. The third-order valence-corrected chi connectivity index (χ3v) is 7.21. The predicted octanol–water partition coefficient (Wildman–Crippen LogP) is 6.30. The lowest BCUT2D eigenvalue weighted by Crippen LogP contribution is -2.61. The third kappa shape index (κ3) is 6.21. The number of rotatable bonds is 13. The van der Waals surface area contributed by atoms with E-state index in [1.54, 1.807) is 30.3 Å². The van der Waals surface area contributed by atoms with Crippen molar-refractivity contribution in [3.63, 3.8) is 0 Å². The third-order valence-electron chi connectivity index (χ3n) is 4.39. The van der Waals surface area contributed by atoms with Gasteiger partial charge >= 0.3 is 19.9 Å². The second-order valence-corrected chi connectivity index (χ2v) is 8.67. The first-order valence-electron chi connectivity index (χ1n) is 9.79. The van der Waals surface area contributed by atoms with E-state index in [9.17, 15) is 22.5 Å². The van der Waals surface area contributed by atoms with Gasteiger partial charge < -0.3 is 13.8 Å². The fourth-order valence-corrected chi connectivity index (χ4v) is 5.42. The van der Waals surface area contributed by atoms with E-state index in [-0.39, 0.29) is 26.2 Å². The van der Waals surface area contributed by atoms with Gasteiger partial charge in [0.05, 0.1) is 13.2 Å². The Bertz CT molecular complexity index is 762. The number of halogens is 3. The monoisotopic (exact) mass is 463 g/mol. The van der Waals surface area contributed by atoms with Crippen molar-refractivity contribution in [2.45, 2.75) is 44.8 Å². The number of hydrogen-bond donors (Lipinski definition) is 0. The van der Waals surface area contributed by atoms with E-state index in [0.29, 0.717) is 10.5 Å². The first-order chi connectivity index (χ1) is 14.6. The number of carbonyl (C=O) groups is 1. The van der Waals surface area contributed by atoms with Gasteiger partial charge in [-0.15, -0.1) is 13.2 Å². The van der Waals surface area contributed by atoms with E-state index in [2.05, 4.69) is 13.2 Å². The van der Waals surface area contributed by atoms with Crippen LogP contribution in [0, 0.1) is 0 Å². The Labute approximate surface area is 181 Å². The fraction of sp³-hybridized carbons (Fsp3) is 0.476. The molecule has 6 nitrogen and oxygen atoms in total. The van der Waals surface area contributed by atoms with Gasteiger partial charge in [0, 0.05) is 6.54 Å². The van der Waals surface area contributed by atoms with Gasteiger partial charge in [0.1, 0.15) is 6.61 Å². The van der Waals surface area contributed by atoms with Crippen LogP contribution in [0.2, 0.25) is 0 Å². The zero-order valence-corrected chi connectivity index (χ0v) is 18.7. The Morgan fingerprint density at radius 2 is 1.68 bits per heavy atom. The molecule has 0 saturated heterocycles. The summed E-state index contributed by atoms with van der Waals surface area (Å²) in [5.74, 6) is 0. The lowest BCUT2D eigenvalue weighted by atomic mass is 10.1. The van der Waals surface area contributed by atoms with Crippen LogP contribution in [0.1, 0.15) is 32.3 Å². The summed E-state index contributed by atoms with van der Waals surface area (Å²) in [7, 11) is -4.94. The van der Waals surface area contributed by atoms with Crippen molar-refractivity contribution in [2.24, 2.45) is 0 Å². The van der Waals surface area contributed by atoms with Crippen LogP contribution in [0.4, 0.5) is 18.0 Å². The molecule has 1 atom stereocenters. The Kier molecular flexibility index (Phi) is 10.5. The number of allylic oxidation sites excluding steroid dienone is 1. The van der Waals surface area contributed by atoms with Crippen molar-refractivity contribution in [1.82, 2.24) is 4.90 Å². The normalized spacial score (nSPS) is 13.8. The van der Waals surface area contributed by atoms with Gasteiger partial charge in [-0.1, -0.05) is 42.5 Å². The molecule has 0 aliphatic rings. The second kappa shape index (κ2) is 12.1. The summed E-state index contributed by atoms with van der Waals surface area (Å²) in [5, 5.41) is -3.29. The molecule has 0 fully saturated rings. The molecule has 1 amide bonds. The molecule has 1 aromatic rings. The average Bonchev–Trinajstić information content (AvgIpc) is 2.71. The van der Waals surface area contributed by atoms with Gasteiger partial charge in [0.15, 0.2) is 0 Å². The number of hydrogen-bond acceptors (Lipinski definition) is 5. The van der Waals surface area contributed by atoms with Crippen molar-refractivity contribution in [3.05, 3.63) is 61.2 Å². The molecule has 0 heterocycles. The Hall–Kier alpha value is -2.09. The van der Waals surface area contributed by atoms with Gasteiger partial charge in [0.25, 0.3) is 0 Å². The molecule has 0 radical (unpaired) electrons. The number of benzene rings is 1. The summed E-state index contributed by atoms with van der Waals surface area (Å²) in [6, 6.07) is 8.47. The average molecular weight is 463 g/mol. The van der Waals surface area contributed by atoms with Gasteiger partial charge in [-0.25, -0.2) is 4.79 Å². The molecule has 174 valence electrons. The summed E-state index contributed by atoms with van der Waals surface area (Å²) in [6.45, 7) is 8.20. The van der Waals surface area contributed by atoms with Gasteiger partial charge in [-0.05, 0) is 32.3 Å². The van der Waals surface area contributed by atoms with E-state index in [1.165, 1.54) is 19.9 Å². The molecule has 0 bridgehead atoms. The molecular weight excluding hydrogens is 434 g/mol. The molecule has 0 aliphatic carbocycles. The maximum Gasteiger partial charge on any atom is 0.423 e. The summed E-state index contributed by atoms with van der Waals surface area (Å²) < 4.78 is 73.0. The number of carbonyl (C=O) groups excluding carboxylic acids is 1. The first-order valence-corrected chi connectivity index (χ1v) is 11.3. The number of ether oxygens (including phenoxy) is 1. The molecule has 1 aromatic carbocycles. The maximum absolute atomic E-state index is 14.7. The SMILES string of the molecule is C=CCCC(N(CC=C)C(=O)OCc1ccccc1)(C(F)(F)F)P(=O)(OCC)OCC. The lowest BCUT2D eigenvalue weighted by molar-refractivity contribution is -0.203. The lowest BCUT2D eigenvalue weighted by Gasteiger charge is -2.46. The standard InChI is InChI=1S/C21H29F3NO5P/c1-5-9-15-20(21(22,23)24,31(27,29-7-3)30-8-4)25(16-6-2)19(26)28-17-18-13-11-10-12-14-18/h5-6,10-14H,1-2,7-9,15-17H2,3-4H3. The largest absolute Gasteiger partial charge is 0.445 e. The van der Waals surface area contributed by atoms with E-state index in [1.807, 2.05) is 0 Å². The van der Waals surface area contributed by atoms with Crippen LogP contribution in [0.15, 0.2) is 55.6 Å². The molecule has 10 heteroatoms. The van der Waals surface area contributed by atoms with Gasteiger partial charge in [-0.3, -0.25) is 9.46 Å².